The molecule has 1 unspecified atom stereocenters. The molecular weight excluding hydrogens is 518 g/mol. The van der Waals surface area contributed by atoms with Crippen LogP contribution in [0.15, 0.2) is 41.3 Å². The first-order valence-electron chi connectivity index (χ1n) is 12.4. The van der Waals surface area contributed by atoms with Crippen molar-refractivity contribution in [1.29, 1.82) is 0 Å². The molecule has 4 rings (SSSR count). The number of fused-ring (bicyclic) bond motifs is 1. The van der Waals surface area contributed by atoms with Crippen molar-refractivity contribution in [3.8, 4) is 0 Å². The van der Waals surface area contributed by atoms with E-state index in [1.54, 1.807) is 17.0 Å². The zero-order chi connectivity index (χ0) is 25.9. The SMILES string of the molecule is CCCCN(CC)S(=O)(=O)c1ccc(C(=O)N(CC2CCCO2)c2nc3c(C)c(Cl)ccc3s2)cc1. The Morgan fingerprint density at radius 1 is 1.19 bits per heavy atom. The molecule has 1 aliphatic rings. The maximum absolute atomic E-state index is 13.7. The molecule has 0 bridgehead atoms. The molecular formula is C26H32ClN3O4S2. The Bertz CT molecular complexity index is 1320. The van der Waals surface area contributed by atoms with Gasteiger partial charge in [-0.1, -0.05) is 43.2 Å². The van der Waals surface area contributed by atoms with Crippen molar-refractivity contribution in [3.05, 3.63) is 52.5 Å². The number of carbonyl (C=O) groups excluding carboxylic acids is 1. The summed E-state index contributed by atoms with van der Waals surface area (Å²) in [7, 11) is -3.62. The van der Waals surface area contributed by atoms with Crippen LogP contribution in [0.2, 0.25) is 5.02 Å². The van der Waals surface area contributed by atoms with Crippen molar-refractivity contribution in [2.75, 3.05) is 31.1 Å². The number of halogens is 1. The lowest BCUT2D eigenvalue weighted by atomic mass is 10.2. The summed E-state index contributed by atoms with van der Waals surface area (Å²) in [6.45, 7) is 7.72. The number of ether oxygens (including phenoxy) is 1. The van der Waals surface area contributed by atoms with Gasteiger partial charge in [-0.05, 0) is 68.1 Å². The summed E-state index contributed by atoms with van der Waals surface area (Å²) < 4.78 is 34.4. The predicted octanol–water partition coefficient (Wildman–Crippen LogP) is 5.89. The number of carbonyl (C=O) groups is 1. The Hall–Kier alpha value is -2.04. The van der Waals surface area contributed by atoms with Crippen molar-refractivity contribution in [2.24, 2.45) is 0 Å². The Morgan fingerprint density at radius 2 is 1.94 bits per heavy atom. The lowest BCUT2D eigenvalue weighted by Crippen LogP contribution is -2.37. The summed E-state index contributed by atoms with van der Waals surface area (Å²) in [5.74, 6) is -0.240. The number of amides is 1. The van der Waals surface area contributed by atoms with Crippen LogP contribution >= 0.6 is 22.9 Å². The molecule has 3 aromatic rings. The van der Waals surface area contributed by atoms with Gasteiger partial charge in [0.15, 0.2) is 5.13 Å². The number of nitrogens with zero attached hydrogens (tertiary/aromatic N) is 3. The predicted molar refractivity (Wildman–Crippen MR) is 146 cm³/mol. The minimum absolute atomic E-state index is 0.0676. The number of aryl methyl sites for hydroxylation is 1. The highest BCUT2D eigenvalue weighted by molar-refractivity contribution is 7.89. The van der Waals surface area contributed by atoms with E-state index in [0.29, 0.717) is 42.0 Å². The third-order valence-corrected chi connectivity index (χ3v) is 9.92. The molecule has 10 heteroatoms. The van der Waals surface area contributed by atoms with Gasteiger partial charge in [0.2, 0.25) is 10.0 Å². The average molecular weight is 550 g/mol. The van der Waals surface area contributed by atoms with Crippen LogP contribution in [0.3, 0.4) is 0 Å². The van der Waals surface area contributed by atoms with Gasteiger partial charge < -0.3 is 4.74 Å². The molecule has 0 radical (unpaired) electrons. The zero-order valence-electron chi connectivity index (χ0n) is 20.9. The second-order valence-corrected chi connectivity index (χ2v) is 12.3. The number of thiazole rings is 1. The average Bonchev–Trinajstić information content (AvgIpc) is 3.55. The normalized spacial score (nSPS) is 16.2. The van der Waals surface area contributed by atoms with Crippen LogP contribution in [0.5, 0.6) is 0 Å². The highest BCUT2D eigenvalue weighted by Crippen LogP contribution is 2.35. The molecule has 2 aromatic carbocycles. The van der Waals surface area contributed by atoms with Crippen LogP contribution in [-0.4, -0.2) is 56.0 Å². The number of rotatable bonds is 10. The number of benzene rings is 2. The van der Waals surface area contributed by atoms with E-state index in [0.717, 1.165) is 41.5 Å². The van der Waals surface area contributed by atoms with Gasteiger partial charge >= 0.3 is 0 Å². The Morgan fingerprint density at radius 3 is 2.58 bits per heavy atom. The third-order valence-electron chi connectivity index (χ3n) is 6.48. The summed E-state index contributed by atoms with van der Waals surface area (Å²) in [6, 6.07) is 9.96. The van der Waals surface area contributed by atoms with E-state index in [-0.39, 0.29) is 16.9 Å². The Kier molecular flexibility index (Phi) is 8.67. The van der Waals surface area contributed by atoms with E-state index in [9.17, 15) is 13.2 Å². The van der Waals surface area contributed by atoms with E-state index in [4.69, 9.17) is 21.3 Å². The first kappa shape index (κ1) is 27.0. The summed E-state index contributed by atoms with van der Waals surface area (Å²) in [5.41, 5.74) is 2.05. The Balaban J connectivity index is 1.64. The summed E-state index contributed by atoms with van der Waals surface area (Å²) in [5, 5.41) is 1.21. The number of aromatic nitrogens is 1. The summed E-state index contributed by atoms with van der Waals surface area (Å²) in [6.07, 6.45) is 3.48. The van der Waals surface area contributed by atoms with Crippen molar-refractivity contribution >= 4 is 54.2 Å². The molecule has 7 nitrogen and oxygen atoms in total. The summed E-state index contributed by atoms with van der Waals surface area (Å²) >= 11 is 7.73. The van der Waals surface area contributed by atoms with Crippen LogP contribution < -0.4 is 4.90 Å². The van der Waals surface area contributed by atoms with Crippen molar-refractivity contribution < 1.29 is 17.9 Å². The van der Waals surface area contributed by atoms with E-state index in [1.165, 1.54) is 27.8 Å². The van der Waals surface area contributed by atoms with E-state index < -0.39 is 10.0 Å². The van der Waals surface area contributed by atoms with Crippen LogP contribution in [0.4, 0.5) is 5.13 Å². The van der Waals surface area contributed by atoms with Gasteiger partial charge in [-0.25, -0.2) is 13.4 Å². The largest absolute Gasteiger partial charge is 0.376 e. The second-order valence-electron chi connectivity index (χ2n) is 8.94. The maximum Gasteiger partial charge on any atom is 0.260 e. The van der Waals surface area contributed by atoms with Gasteiger partial charge in [0.25, 0.3) is 5.91 Å². The molecule has 1 aliphatic heterocycles. The van der Waals surface area contributed by atoms with Crippen LogP contribution in [-0.2, 0) is 14.8 Å². The van der Waals surface area contributed by atoms with E-state index >= 15 is 0 Å². The molecule has 1 fully saturated rings. The number of anilines is 1. The van der Waals surface area contributed by atoms with Gasteiger partial charge in [0, 0.05) is 30.3 Å². The zero-order valence-corrected chi connectivity index (χ0v) is 23.3. The molecule has 0 saturated carbocycles. The molecule has 1 saturated heterocycles. The Labute approximate surface area is 222 Å². The fraction of sp³-hybridized carbons (Fsp3) is 0.462. The van der Waals surface area contributed by atoms with Crippen LogP contribution in [0.1, 0.15) is 55.5 Å². The van der Waals surface area contributed by atoms with Gasteiger partial charge in [0.05, 0.1) is 27.8 Å². The molecule has 0 aliphatic carbocycles. The molecule has 1 amide bonds. The number of unbranched alkanes of at least 4 members (excludes halogenated alkanes) is 1. The monoisotopic (exact) mass is 549 g/mol. The molecule has 2 heterocycles. The fourth-order valence-corrected chi connectivity index (χ4v) is 6.97. The topological polar surface area (TPSA) is 79.8 Å². The van der Waals surface area contributed by atoms with Gasteiger partial charge in [-0.15, -0.1) is 0 Å². The number of hydrogen-bond acceptors (Lipinski definition) is 6. The van der Waals surface area contributed by atoms with E-state index in [1.807, 2.05) is 32.9 Å². The third kappa shape index (κ3) is 5.60. The van der Waals surface area contributed by atoms with Crippen molar-refractivity contribution in [2.45, 2.75) is 57.5 Å². The standard InChI is InChI=1S/C26H32ClN3O4S2/c1-4-6-15-29(5-2)36(32,33)21-11-9-19(10-12-21)25(31)30(17-20-8-7-16-34-20)26-28-24-18(3)22(27)13-14-23(24)35-26/h9-14,20H,4-8,15-17H2,1-3H3. The first-order valence-corrected chi connectivity index (χ1v) is 15.0. The fourth-order valence-electron chi connectivity index (χ4n) is 4.30. The van der Waals surface area contributed by atoms with Crippen molar-refractivity contribution in [3.63, 3.8) is 0 Å². The molecule has 36 heavy (non-hydrogen) atoms. The van der Waals surface area contributed by atoms with E-state index in [2.05, 4.69) is 0 Å². The molecule has 1 atom stereocenters. The maximum atomic E-state index is 13.7. The molecule has 1 aromatic heterocycles. The van der Waals surface area contributed by atoms with Gasteiger partial charge in [-0.3, -0.25) is 9.69 Å². The number of sulfonamides is 1. The van der Waals surface area contributed by atoms with Crippen LogP contribution in [0.25, 0.3) is 10.2 Å². The highest BCUT2D eigenvalue weighted by Gasteiger charge is 2.28. The number of hydrogen-bond donors (Lipinski definition) is 0. The quantitative estimate of drug-likeness (QED) is 0.315. The summed E-state index contributed by atoms with van der Waals surface area (Å²) in [4.78, 5) is 20.3. The lowest BCUT2D eigenvalue weighted by Gasteiger charge is -2.23. The highest BCUT2D eigenvalue weighted by atomic mass is 35.5. The minimum Gasteiger partial charge on any atom is -0.376 e. The van der Waals surface area contributed by atoms with Crippen molar-refractivity contribution in [1.82, 2.24) is 9.29 Å². The van der Waals surface area contributed by atoms with Crippen LogP contribution in [0, 0.1) is 6.92 Å². The first-order chi connectivity index (χ1) is 17.3. The second kappa shape index (κ2) is 11.6. The molecule has 194 valence electrons. The molecule has 0 N–H and O–H groups in total. The molecule has 0 spiro atoms. The lowest BCUT2D eigenvalue weighted by molar-refractivity contribution is 0.0917. The van der Waals surface area contributed by atoms with Gasteiger partial charge in [-0.2, -0.15) is 4.31 Å². The smallest absolute Gasteiger partial charge is 0.260 e. The minimum atomic E-state index is -3.62. The van der Waals surface area contributed by atoms with Gasteiger partial charge in [0.1, 0.15) is 0 Å².